The number of carbonyl (C=O) groups is 5. The van der Waals surface area contributed by atoms with Crippen molar-refractivity contribution in [2.45, 2.75) is 141 Å². The van der Waals surface area contributed by atoms with Gasteiger partial charge in [-0.05, 0) is 72.0 Å². The summed E-state index contributed by atoms with van der Waals surface area (Å²) in [5.41, 5.74) is 0.742. The van der Waals surface area contributed by atoms with Crippen molar-refractivity contribution in [3.63, 3.8) is 0 Å². The predicted molar refractivity (Wildman–Crippen MR) is 194 cm³/mol. The summed E-state index contributed by atoms with van der Waals surface area (Å²) in [4.78, 5) is 72.1. The lowest BCUT2D eigenvalue weighted by molar-refractivity contribution is -0.143. The Morgan fingerprint density at radius 2 is 1.77 bits per heavy atom. The van der Waals surface area contributed by atoms with Crippen molar-refractivity contribution in [2.75, 3.05) is 13.2 Å². The van der Waals surface area contributed by atoms with Crippen molar-refractivity contribution in [3.8, 4) is 0 Å². The molecule has 6 rings (SSSR count). The summed E-state index contributed by atoms with van der Waals surface area (Å²) in [6.45, 7) is 12.1. The highest BCUT2D eigenvalue weighted by molar-refractivity contribution is 7.91. The molecule has 5 aliphatic rings. The number of nitrogens with zero attached hydrogens (tertiary/aromatic N) is 2. The zero-order valence-corrected chi connectivity index (χ0v) is 32.6. The number of ether oxygens (including phenoxy) is 2. The number of benzene rings is 1. The highest BCUT2D eigenvalue weighted by atomic mass is 32.2. The fraction of sp³-hybridized carbons (Fsp3) is 0.711. The van der Waals surface area contributed by atoms with Gasteiger partial charge in [0.2, 0.25) is 21.8 Å². The van der Waals surface area contributed by atoms with Crippen molar-refractivity contribution in [1.82, 2.24) is 25.2 Å². The number of aryl methyl sites for hydroxylation is 1. The maximum Gasteiger partial charge on any atom is 0.410 e. The lowest BCUT2D eigenvalue weighted by Crippen LogP contribution is -2.60. The minimum absolute atomic E-state index is 0.0558. The number of rotatable bonds is 6. The van der Waals surface area contributed by atoms with Crippen LogP contribution in [0.1, 0.15) is 110 Å². The Balaban J connectivity index is 1.28. The molecule has 4 bridgehead atoms. The molecule has 3 heterocycles. The molecule has 1 aromatic carbocycles. The van der Waals surface area contributed by atoms with E-state index in [1.807, 2.05) is 32.9 Å². The second-order valence-corrected chi connectivity index (χ2v) is 19.5. The average Bonchev–Trinajstić information content (AvgIpc) is 3.97. The Kier molecular flexibility index (Phi) is 10.6. The predicted octanol–water partition coefficient (Wildman–Crippen LogP) is 3.90. The van der Waals surface area contributed by atoms with E-state index in [1.165, 1.54) is 10.5 Å². The van der Waals surface area contributed by atoms with Crippen molar-refractivity contribution in [2.24, 2.45) is 16.7 Å². The molecular weight excluding hydrogens is 703 g/mol. The molecule has 0 spiro atoms. The smallest absolute Gasteiger partial charge is 0.410 e. The minimum atomic E-state index is -3.88. The number of hydrogen-bond acceptors (Lipinski definition) is 9. The maximum absolute atomic E-state index is 14.5. The molecule has 5 amide bonds. The van der Waals surface area contributed by atoms with E-state index in [9.17, 15) is 32.4 Å². The average molecular weight is 758 g/mol. The van der Waals surface area contributed by atoms with Crippen molar-refractivity contribution in [3.05, 3.63) is 34.9 Å². The molecule has 3 N–H and O–H groups in total. The number of hydrogen-bond donors (Lipinski definition) is 3. The Labute approximate surface area is 312 Å². The van der Waals surface area contributed by atoms with Crippen LogP contribution in [0.2, 0.25) is 0 Å². The van der Waals surface area contributed by atoms with Gasteiger partial charge >= 0.3 is 12.2 Å². The second-order valence-electron chi connectivity index (χ2n) is 17.5. The molecule has 53 heavy (non-hydrogen) atoms. The van der Waals surface area contributed by atoms with Crippen LogP contribution >= 0.6 is 0 Å². The van der Waals surface area contributed by atoms with Crippen LogP contribution in [-0.4, -0.2) is 90.3 Å². The number of fused-ring (bicyclic) bond motifs is 3. The van der Waals surface area contributed by atoms with Gasteiger partial charge in [0.25, 0.3) is 5.91 Å². The van der Waals surface area contributed by atoms with E-state index >= 15 is 0 Å². The zero-order valence-electron chi connectivity index (χ0n) is 31.8. The van der Waals surface area contributed by atoms with Crippen LogP contribution in [-0.2, 0) is 53.4 Å². The lowest BCUT2D eigenvalue weighted by Gasteiger charge is -2.35. The third kappa shape index (κ3) is 8.44. The molecule has 0 unspecified atom stereocenters. The van der Waals surface area contributed by atoms with E-state index in [0.717, 1.165) is 36.8 Å². The first-order valence-corrected chi connectivity index (χ1v) is 20.6. The summed E-state index contributed by atoms with van der Waals surface area (Å²) in [5.74, 6) is -2.33. The largest absolute Gasteiger partial charge is 0.449 e. The molecule has 292 valence electrons. The van der Waals surface area contributed by atoms with Gasteiger partial charge in [-0.2, -0.15) is 0 Å². The third-order valence-electron chi connectivity index (χ3n) is 11.5. The summed E-state index contributed by atoms with van der Waals surface area (Å²) in [7, 11) is -3.88. The molecule has 0 radical (unpaired) electrons. The molecule has 1 saturated heterocycles. The van der Waals surface area contributed by atoms with Crippen LogP contribution in [0, 0.1) is 16.7 Å². The van der Waals surface area contributed by atoms with Crippen LogP contribution in [0.15, 0.2) is 18.2 Å². The van der Waals surface area contributed by atoms with E-state index in [2.05, 4.69) is 21.4 Å². The topological polar surface area (TPSA) is 181 Å². The van der Waals surface area contributed by atoms with E-state index in [4.69, 9.17) is 9.47 Å². The molecule has 2 aliphatic carbocycles. The van der Waals surface area contributed by atoms with Crippen LogP contribution in [0.3, 0.4) is 0 Å². The summed E-state index contributed by atoms with van der Waals surface area (Å²) in [6, 6.07) is 3.80. The molecule has 0 aromatic heterocycles. The van der Waals surface area contributed by atoms with E-state index < -0.39 is 74.3 Å². The van der Waals surface area contributed by atoms with Gasteiger partial charge in [-0.1, -0.05) is 72.6 Å². The summed E-state index contributed by atoms with van der Waals surface area (Å²) >= 11 is 0. The fourth-order valence-electron chi connectivity index (χ4n) is 7.97. The third-order valence-corrected chi connectivity index (χ3v) is 13.3. The highest BCUT2D eigenvalue weighted by Crippen LogP contribution is 2.47. The van der Waals surface area contributed by atoms with Gasteiger partial charge in [0.1, 0.15) is 23.7 Å². The van der Waals surface area contributed by atoms with Crippen LogP contribution in [0.5, 0.6) is 0 Å². The molecule has 14 nitrogen and oxygen atoms in total. The first-order valence-electron chi connectivity index (χ1n) is 19.0. The highest BCUT2D eigenvalue weighted by Gasteiger charge is 2.62. The number of sulfonamides is 1. The van der Waals surface area contributed by atoms with Crippen LogP contribution in [0.25, 0.3) is 0 Å². The lowest BCUT2D eigenvalue weighted by atomic mass is 9.85. The maximum atomic E-state index is 14.5. The number of nitrogens with one attached hydrogen (secondary N) is 3. The Morgan fingerprint density at radius 1 is 1.06 bits per heavy atom. The van der Waals surface area contributed by atoms with Gasteiger partial charge < -0.3 is 25.0 Å². The fourth-order valence-corrected chi connectivity index (χ4v) is 9.33. The summed E-state index contributed by atoms with van der Waals surface area (Å²) in [5, 5.41) is 4.95. The molecule has 1 aromatic rings. The van der Waals surface area contributed by atoms with Crippen molar-refractivity contribution in [1.29, 1.82) is 0 Å². The van der Waals surface area contributed by atoms with E-state index in [1.54, 1.807) is 25.7 Å². The number of carbonyl (C=O) groups excluding carboxylic acids is 5. The summed E-state index contributed by atoms with van der Waals surface area (Å²) < 4.78 is 39.3. The van der Waals surface area contributed by atoms with Crippen molar-refractivity contribution >= 4 is 39.9 Å². The first kappa shape index (κ1) is 38.8. The minimum Gasteiger partial charge on any atom is -0.449 e. The first-order chi connectivity index (χ1) is 24.8. The van der Waals surface area contributed by atoms with Gasteiger partial charge in [0, 0.05) is 19.5 Å². The van der Waals surface area contributed by atoms with Gasteiger partial charge in [-0.3, -0.25) is 24.0 Å². The van der Waals surface area contributed by atoms with Gasteiger partial charge in [0.05, 0.1) is 18.4 Å². The van der Waals surface area contributed by atoms with Gasteiger partial charge in [0.15, 0.2) is 0 Å². The quantitative estimate of drug-likeness (QED) is 0.388. The Morgan fingerprint density at radius 3 is 2.43 bits per heavy atom. The van der Waals surface area contributed by atoms with Gasteiger partial charge in [-0.15, -0.1) is 0 Å². The van der Waals surface area contributed by atoms with Gasteiger partial charge in [-0.25, -0.2) is 18.0 Å². The van der Waals surface area contributed by atoms with E-state index in [-0.39, 0.29) is 37.3 Å². The van der Waals surface area contributed by atoms with Crippen molar-refractivity contribution < 1.29 is 41.9 Å². The molecule has 2 saturated carbocycles. The van der Waals surface area contributed by atoms with Crippen LogP contribution in [0.4, 0.5) is 9.59 Å². The zero-order chi connectivity index (χ0) is 38.5. The monoisotopic (exact) mass is 757 g/mol. The Hall–Kier alpha value is -3.88. The second kappa shape index (κ2) is 14.4. The molecule has 3 fully saturated rings. The normalized spacial score (nSPS) is 29.4. The standard InChI is InChI=1S/C38H55N5O9S/c1-7-25-18-38(25,33(46)41-53(49,50)27-14-15-27)40-31(44)29-17-26-20-43(29)32(45)30(36(2,3)4)39-34(47)51-22-37(5,6)16-9-8-11-23-12-10-13-24-19-42(21-28(23)24)35(48)52-26/h10,12-13,25-27,29-30H,7-9,11,14-22H2,1-6H3,(H,39,47)(H,40,44)(H,41,46)/t25-,26-,29+,30-,38-/m1/s1. The van der Waals surface area contributed by atoms with Crippen LogP contribution < -0.4 is 15.4 Å². The number of cyclic esters (lactones) is 1. The number of amides is 5. The molecular formula is C38H55N5O9S. The molecule has 3 aliphatic heterocycles. The Bertz CT molecular complexity index is 1750. The van der Waals surface area contributed by atoms with E-state index in [0.29, 0.717) is 32.4 Å². The molecule has 5 atom stereocenters. The number of alkyl carbamates (subject to hydrolysis) is 1. The summed E-state index contributed by atoms with van der Waals surface area (Å²) in [6.07, 6.45) is 2.94. The SMILES string of the molecule is CC[C@@H]1C[C@]1(NC(=O)[C@@H]1C[C@@H]2CN1C(=O)[C@H](C(C)(C)C)NC(=O)OCC(C)(C)CCCCc1cccc3c1CN(C3)C(=O)O2)C(=O)NS(=O)(=O)C1CC1. The molecule has 15 heteroatoms.